The third-order valence-electron chi connectivity index (χ3n) is 15.3. The number of carbonyl (C=O) groups is 1. The number of aromatic nitrogens is 4. The molecular weight excluding hydrogens is 950 g/mol. The van der Waals surface area contributed by atoms with Crippen LogP contribution in [0.25, 0.3) is 22.4 Å². The van der Waals surface area contributed by atoms with E-state index in [-0.39, 0.29) is 30.3 Å². The molecule has 0 spiro atoms. The van der Waals surface area contributed by atoms with Crippen LogP contribution in [-0.4, -0.2) is 81.0 Å². The van der Waals surface area contributed by atoms with Crippen LogP contribution in [0.3, 0.4) is 0 Å². The second-order valence-corrected chi connectivity index (χ2v) is 41.0. The molecule has 72 heavy (non-hydrogen) atoms. The highest BCUT2D eigenvalue weighted by molar-refractivity contribution is 6.77. The van der Waals surface area contributed by atoms with Gasteiger partial charge in [0.2, 0.25) is 5.91 Å². The maximum absolute atomic E-state index is 15.4. The van der Waals surface area contributed by atoms with Gasteiger partial charge in [0, 0.05) is 47.8 Å². The quantitative estimate of drug-likeness (QED) is 0.0257. The van der Waals surface area contributed by atoms with Gasteiger partial charge in [-0.1, -0.05) is 168 Å². The van der Waals surface area contributed by atoms with Crippen LogP contribution in [0.2, 0.25) is 70.5 Å². The van der Waals surface area contributed by atoms with Crippen LogP contribution in [0.4, 0.5) is 4.39 Å². The molecule has 0 saturated heterocycles. The zero-order valence-electron chi connectivity index (χ0n) is 46.8. The molecule has 14 heteroatoms. The van der Waals surface area contributed by atoms with Crippen molar-refractivity contribution in [3.63, 3.8) is 0 Å². The SMILES string of the molecule is CCCCCCCCCCCCCCCC(=O)N1Cc2c(nc(-c3nn(COCC[Si](C)(C)Cc4cc(F)c(OCOCC[Si](C)(C)C)cc4CC)c4ccccc34)n2COCC[Si](C)(C)C)C1C1CCC1. The Balaban J connectivity index is 1.10. The zero-order valence-corrected chi connectivity index (χ0v) is 49.8. The lowest BCUT2D eigenvalue weighted by Gasteiger charge is -2.36. The van der Waals surface area contributed by atoms with Gasteiger partial charge >= 0.3 is 0 Å². The fraction of sp³-hybridized carbons (Fsp3) is 0.707. The number of ether oxygens (including phenoxy) is 4. The first-order chi connectivity index (χ1) is 34.5. The van der Waals surface area contributed by atoms with Crippen molar-refractivity contribution < 1.29 is 28.1 Å². The summed E-state index contributed by atoms with van der Waals surface area (Å²) in [5.41, 5.74) is 6.15. The maximum atomic E-state index is 15.4. The molecule has 2 aliphatic rings. The molecule has 0 N–H and O–H groups in total. The normalized spacial score (nSPS) is 15.5. The van der Waals surface area contributed by atoms with Gasteiger partial charge in [-0.05, 0) is 85.1 Å². The lowest BCUT2D eigenvalue weighted by atomic mass is 9.78. The average Bonchev–Trinajstić information content (AvgIpc) is 3.97. The predicted molar refractivity (Wildman–Crippen MR) is 303 cm³/mol. The van der Waals surface area contributed by atoms with Crippen molar-refractivity contribution in [2.24, 2.45) is 5.92 Å². The highest BCUT2D eigenvalue weighted by Crippen LogP contribution is 2.48. The van der Waals surface area contributed by atoms with Gasteiger partial charge in [-0.2, -0.15) is 5.10 Å². The number of aryl methyl sites for hydroxylation is 1. The molecule has 1 unspecified atom stereocenters. The van der Waals surface area contributed by atoms with Gasteiger partial charge in [0.05, 0.1) is 37.6 Å². The number of carbonyl (C=O) groups excluding carboxylic acids is 1. The molecule has 4 aromatic rings. The van der Waals surface area contributed by atoms with E-state index < -0.39 is 24.2 Å². The molecule has 1 aliphatic heterocycles. The Hall–Kier alpha value is -3.15. The molecule has 3 heterocycles. The first-order valence-corrected chi connectivity index (χ1v) is 39.3. The van der Waals surface area contributed by atoms with Gasteiger partial charge in [-0.15, -0.1) is 0 Å². The van der Waals surface area contributed by atoms with E-state index >= 15 is 4.39 Å². The number of para-hydroxylation sites is 1. The summed E-state index contributed by atoms with van der Waals surface area (Å²) in [7, 11) is -4.37. The molecule has 402 valence electrons. The number of halogens is 1. The smallest absolute Gasteiger partial charge is 0.223 e. The van der Waals surface area contributed by atoms with E-state index in [0.717, 1.165) is 101 Å². The third kappa shape index (κ3) is 17.5. The Morgan fingerprint density at radius 3 is 1.97 bits per heavy atom. The van der Waals surface area contributed by atoms with Crippen LogP contribution in [-0.2, 0) is 51.5 Å². The fourth-order valence-corrected chi connectivity index (χ4v) is 14.1. The van der Waals surface area contributed by atoms with E-state index in [9.17, 15) is 4.79 Å². The molecule has 0 radical (unpaired) electrons. The minimum atomic E-state index is -1.85. The Bertz CT molecular complexity index is 2280. The lowest BCUT2D eigenvalue weighted by molar-refractivity contribution is -0.135. The van der Waals surface area contributed by atoms with Gasteiger partial charge in [0.15, 0.2) is 24.2 Å². The summed E-state index contributed by atoms with van der Waals surface area (Å²) >= 11 is 0. The highest BCUT2D eigenvalue weighted by atomic mass is 28.3. The number of imidazole rings is 1. The topological polar surface area (TPSA) is 92.9 Å². The summed E-state index contributed by atoms with van der Waals surface area (Å²) < 4.78 is 44.1. The van der Waals surface area contributed by atoms with Gasteiger partial charge < -0.3 is 28.4 Å². The van der Waals surface area contributed by atoms with Crippen LogP contribution in [0.5, 0.6) is 5.75 Å². The highest BCUT2D eigenvalue weighted by Gasteiger charge is 2.45. The third-order valence-corrected chi connectivity index (χ3v) is 21.6. The minimum absolute atomic E-state index is 0.00496. The molecular formula is C58H96FN5O5Si3. The number of nitrogens with zero attached hydrogens (tertiary/aromatic N) is 5. The van der Waals surface area contributed by atoms with Crippen molar-refractivity contribution in [1.82, 2.24) is 24.2 Å². The zero-order chi connectivity index (χ0) is 51.7. The summed E-state index contributed by atoms with van der Waals surface area (Å²) in [5, 5.41) is 6.30. The number of rotatable bonds is 35. The van der Waals surface area contributed by atoms with E-state index in [1.54, 1.807) is 6.07 Å². The largest absolute Gasteiger partial charge is 0.464 e. The van der Waals surface area contributed by atoms with Crippen molar-refractivity contribution in [1.29, 1.82) is 0 Å². The fourth-order valence-electron chi connectivity index (χ4n) is 10.4. The Labute approximate surface area is 437 Å². The van der Waals surface area contributed by atoms with E-state index in [4.69, 9.17) is 29.0 Å². The molecule has 1 fully saturated rings. The molecule has 1 aliphatic carbocycles. The molecule has 10 nitrogen and oxygen atoms in total. The van der Waals surface area contributed by atoms with E-state index in [0.29, 0.717) is 52.2 Å². The second-order valence-electron chi connectivity index (χ2n) is 24.6. The average molecular weight is 1050 g/mol. The van der Waals surface area contributed by atoms with Crippen molar-refractivity contribution in [3.8, 4) is 17.3 Å². The van der Waals surface area contributed by atoms with Gasteiger partial charge in [0.1, 0.15) is 19.2 Å². The van der Waals surface area contributed by atoms with Crippen LogP contribution in [0.15, 0.2) is 36.4 Å². The van der Waals surface area contributed by atoms with Crippen molar-refractivity contribution in [2.75, 3.05) is 26.6 Å². The van der Waals surface area contributed by atoms with Gasteiger partial charge in [-0.25, -0.2) is 14.1 Å². The van der Waals surface area contributed by atoms with E-state index in [1.807, 2.05) is 10.7 Å². The standard InChI is InChI=1S/C58H96FN5O5Si3/c1-11-13-14-15-16-17-18-19-20-21-22-23-24-32-54(65)62-41-52-56(57(62)47-28-27-29-47)60-58(63(52)43-66-33-36-70(3,4)5)55-49-30-25-26-31-51(49)64(61-55)44-67-35-38-72(9,10)42-48-39-50(59)53(40-46(48)12-2)69-45-68-34-37-71(6,7)8/h25-26,30-31,39-40,47,57H,11-24,27-29,32-38,41-45H2,1-10H3. The first-order valence-electron chi connectivity index (χ1n) is 28.5. The molecule has 1 saturated carbocycles. The summed E-state index contributed by atoms with van der Waals surface area (Å²) in [6.07, 6.45) is 21.7. The molecule has 1 atom stereocenters. The van der Waals surface area contributed by atoms with Crippen LogP contribution in [0, 0.1) is 11.7 Å². The van der Waals surface area contributed by atoms with Crippen LogP contribution >= 0.6 is 0 Å². The summed E-state index contributed by atoms with van der Waals surface area (Å²) in [6.45, 7) is 26.5. The molecule has 0 bridgehead atoms. The maximum Gasteiger partial charge on any atom is 0.223 e. The van der Waals surface area contributed by atoms with Gasteiger partial charge in [-0.3, -0.25) is 4.79 Å². The van der Waals surface area contributed by atoms with Crippen LogP contribution in [0.1, 0.15) is 152 Å². The predicted octanol–water partition coefficient (Wildman–Crippen LogP) is 15.7. The second kappa shape index (κ2) is 28.1. The lowest BCUT2D eigenvalue weighted by Crippen LogP contribution is -2.36. The number of fused-ring (bicyclic) bond motifs is 2. The van der Waals surface area contributed by atoms with E-state index in [2.05, 4.69) is 100.0 Å². The molecule has 6 rings (SSSR count). The molecule has 1 amide bonds. The van der Waals surface area contributed by atoms with Crippen LogP contribution < -0.4 is 4.74 Å². The number of hydrogen-bond donors (Lipinski definition) is 0. The van der Waals surface area contributed by atoms with Gasteiger partial charge in [0.25, 0.3) is 0 Å². The molecule has 2 aromatic heterocycles. The minimum Gasteiger partial charge on any atom is -0.464 e. The first kappa shape index (κ1) is 58.1. The number of hydrogen-bond acceptors (Lipinski definition) is 7. The molecule has 2 aromatic carbocycles. The summed E-state index contributed by atoms with van der Waals surface area (Å²) in [4.78, 5) is 21.9. The number of benzene rings is 2. The Kier molecular flexibility index (Phi) is 22.7. The Morgan fingerprint density at radius 2 is 1.35 bits per heavy atom. The Morgan fingerprint density at radius 1 is 0.736 bits per heavy atom. The number of unbranched alkanes of at least 4 members (excludes halogenated alkanes) is 12. The summed E-state index contributed by atoms with van der Waals surface area (Å²) in [6, 6.07) is 15.8. The van der Waals surface area contributed by atoms with E-state index in [1.165, 1.54) is 77.0 Å². The monoisotopic (exact) mass is 1050 g/mol. The van der Waals surface area contributed by atoms with Crippen molar-refractivity contribution in [3.05, 3.63) is 64.7 Å². The van der Waals surface area contributed by atoms with Crippen molar-refractivity contribution in [2.45, 2.75) is 232 Å². The number of amides is 1. The summed E-state index contributed by atoms with van der Waals surface area (Å²) in [5.74, 6) is 1.45. The van der Waals surface area contributed by atoms with Crippen molar-refractivity contribution >= 4 is 41.0 Å².